The molecule has 3 rings (SSSR count). The Labute approximate surface area is 198 Å². The molecule has 0 atom stereocenters. The van der Waals surface area contributed by atoms with Gasteiger partial charge in [0.15, 0.2) is 0 Å². The zero-order valence-electron chi connectivity index (χ0n) is 19.1. The number of para-hydroxylation sites is 1. The Hall–Kier alpha value is -3.56. The van der Waals surface area contributed by atoms with Crippen LogP contribution in [-0.4, -0.2) is 37.6 Å². The molecule has 3 aromatic rings. The number of nitrogens with zero attached hydrogens (tertiary/aromatic N) is 1. The second-order valence-corrected chi connectivity index (χ2v) is 9.46. The summed E-state index contributed by atoms with van der Waals surface area (Å²) in [7, 11) is -4.11. The number of amides is 2. The van der Waals surface area contributed by atoms with Crippen LogP contribution in [0.1, 0.15) is 40.1 Å². The van der Waals surface area contributed by atoms with Gasteiger partial charge in [-0.25, -0.2) is 12.8 Å². The van der Waals surface area contributed by atoms with Gasteiger partial charge >= 0.3 is 0 Å². The molecule has 0 saturated carbocycles. The molecule has 34 heavy (non-hydrogen) atoms. The molecule has 0 unspecified atom stereocenters. The van der Waals surface area contributed by atoms with Gasteiger partial charge in [0.05, 0.1) is 11.3 Å². The van der Waals surface area contributed by atoms with Gasteiger partial charge in [-0.15, -0.1) is 0 Å². The summed E-state index contributed by atoms with van der Waals surface area (Å²) < 4.78 is 41.1. The van der Waals surface area contributed by atoms with Crippen LogP contribution in [0.25, 0.3) is 0 Å². The fourth-order valence-corrected chi connectivity index (χ4v) is 5.00. The molecule has 178 valence electrons. The van der Waals surface area contributed by atoms with E-state index in [9.17, 15) is 22.4 Å². The Balaban J connectivity index is 1.88. The molecule has 7 nitrogen and oxygen atoms in total. The third kappa shape index (κ3) is 5.49. The topological polar surface area (TPSA) is 95.6 Å². The van der Waals surface area contributed by atoms with Gasteiger partial charge in [-0.3, -0.25) is 9.59 Å². The van der Waals surface area contributed by atoms with Gasteiger partial charge in [-0.05, 0) is 55.0 Å². The van der Waals surface area contributed by atoms with E-state index in [1.165, 1.54) is 6.07 Å². The zero-order valence-corrected chi connectivity index (χ0v) is 19.9. The van der Waals surface area contributed by atoms with Crippen LogP contribution < -0.4 is 10.6 Å². The lowest BCUT2D eigenvalue weighted by atomic mass is 10.1. The van der Waals surface area contributed by atoms with Crippen molar-refractivity contribution in [2.75, 3.05) is 23.7 Å². The van der Waals surface area contributed by atoms with E-state index < -0.39 is 32.6 Å². The van der Waals surface area contributed by atoms with Crippen molar-refractivity contribution in [3.05, 3.63) is 89.2 Å². The molecule has 3 aromatic carbocycles. The van der Waals surface area contributed by atoms with Crippen molar-refractivity contribution in [2.24, 2.45) is 0 Å². The largest absolute Gasteiger partial charge is 0.322 e. The van der Waals surface area contributed by atoms with E-state index in [1.54, 1.807) is 44.2 Å². The Morgan fingerprint density at radius 2 is 1.59 bits per heavy atom. The van der Waals surface area contributed by atoms with Crippen LogP contribution >= 0.6 is 0 Å². The quantitative estimate of drug-likeness (QED) is 0.487. The lowest BCUT2D eigenvalue weighted by molar-refractivity contribution is 0.102. The Bertz CT molecular complexity index is 1320. The maximum Gasteiger partial charge on any atom is 0.257 e. The molecule has 0 spiro atoms. The predicted molar refractivity (Wildman–Crippen MR) is 130 cm³/mol. The smallest absolute Gasteiger partial charge is 0.257 e. The van der Waals surface area contributed by atoms with Crippen LogP contribution in [0.3, 0.4) is 0 Å². The van der Waals surface area contributed by atoms with Gasteiger partial charge in [0.1, 0.15) is 10.7 Å². The molecule has 0 aliphatic heterocycles. The number of carbonyl (C=O) groups is 2. The van der Waals surface area contributed by atoms with Crippen molar-refractivity contribution in [1.82, 2.24) is 4.31 Å². The lowest BCUT2D eigenvalue weighted by Crippen LogP contribution is -2.31. The third-order valence-electron chi connectivity index (χ3n) is 5.21. The van der Waals surface area contributed by atoms with Crippen LogP contribution in [-0.2, 0) is 10.0 Å². The Kier molecular flexibility index (Phi) is 7.80. The Morgan fingerprint density at radius 3 is 2.26 bits per heavy atom. The fraction of sp³-hybridized carbons (Fsp3) is 0.200. The van der Waals surface area contributed by atoms with Crippen molar-refractivity contribution in [2.45, 2.75) is 25.7 Å². The van der Waals surface area contributed by atoms with Crippen LogP contribution in [0.5, 0.6) is 0 Å². The average molecular weight is 484 g/mol. The van der Waals surface area contributed by atoms with Gasteiger partial charge in [-0.1, -0.05) is 38.1 Å². The first kappa shape index (κ1) is 25.1. The van der Waals surface area contributed by atoms with Crippen LogP contribution in [0.2, 0.25) is 0 Å². The van der Waals surface area contributed by atoms with E-state index in [-0.39, 0.29) is 29.9 Å². The summed E-state index contributed by atoms with van der Waals surface area (Å²) in [4.78, 5) is 25.2. The molecule has 0 heterocycles. The third-order valence-corrected chi connectivity index (χ3v) is 7.28. The number of carbonyl (C=O) groups excluding carboxylic acids is 2. The zero-order chi connectivity index (χ0) is 24.9. The monoisotopic (exact) mass is 483 g/mol. The first-order chi connectivity index (χ1) is 16.2. The highest BCUT2D eigenvalue weighted by Gasteiger charge is 2.26. The SMILES string of the molecule is CCN(CC)S(=O)(=O)c1cc(C(=O)Nc2ccccc2C(=O)Nc2cccc(C)c2)ccc1F. The maximum atomic E-state index is 14.4. The second kappa shape index (κ2) is 10.6. The van der Waals surface area contributed by atoms with Crippen molar-refractivity contribution in [1.29, 1.82) is 0 Å². The van der Waals surface area contributed by atoms with Crippen molar-refractivity contribution in [3.63, 3.8) is 0 Å². The van der Waals surface area contributed by atoms with E-state index in [0.717, 1.165) is 22.0 Å². The van der Waals surface area contributed by atoms with Crippen molar-refractivity contribution >= 4 is 33.2 Å². The molecule has 0 aliphatic carbocycles. The standard InChI is InChI=1S/C25H26FN3O4S/c1-4-29(5-2)34(32,33)23-16-18(13-14-21(23)26)24(30)28-22-12-7-6-11-20(22)25(31)27-19-10-8-9-17(3)15-19/h6-16H,4-5H2,1-3H3,(H,27,31)(H,28,30). The number of hydrogen-bond acceptors (Lipinski definition) is 4. The molecule has 0 aliphatic rings. The van der Waals surface area contributed by atoms with Crippen LogP contribution in [0.15, 0.2) is 71.6 Å². The highest BCUT2D eigenvalue weighted by atomic mass is 32.2. The number of sulfonamides is 1. The normalized spacial score (nSPS) is 11.3. The molecule has 9 heteroatoms. The predicted octanol–water partition coefficient (Wildman–Crippen LogP) is 4.67. The molecular weight excluding hydrogens is 457 g/mol. The number of anilines is 2. The number of rotatable bonds is 8. The van der Waals surface area contributed by atoms with Crippen molar-refractivity contribution < 1.29 is 22.4 Å². The average Bonchev–Trinajstić information content (AvgIpc) is 2.80. The summed E-state index contributed by atoms with van der Waals surface area (Å²) in [5, 5.41) is 5.42. The van der Waals surface area contributed by atoms with Gasteiger partial charge in [0, 0.05) is 24.3 Å². The lowest BCUT2D eigenvalue weighted by Gasteiger charge is -2.19. The van der Waals surface area contributed by atoms with E-state index in [2.05, 4.69) is 10.6 Å². The van der Waals surface area contributed by atoms with E-state index >= 15 is 0 Å². The summed E-state index contributed by atoms with van der Waals surface area (Å²) in [5.41, 5.74) is 1.98. The number of benzene rings is 3. The van der Waals surface area contributed by atoms with E-state index in [4.69, 9.17) is 0 Å². The van der Waals surface area contributed by atoms with Gasteiger partial charge in [-0.2, -0.15) is 4.31 Å². The highest BCUT2D eigenvalue weighted by molar-refractivity contribution is 7.89. The molecule has 2 N–H and O–H groups in total. The molecule has 0 fully saturated rings. The first-order valence-electron chi connectivity index (χ1n) is 10.8. The molecule has 0 bridgehead atoms. The highest BCUT2D eigenvalue weighted by Crippen LogP contribution is 2.23. The number of nitrogens with one attached hydrogen (secondary N) is 2. The van der Waals surface area contributed by atoms with Crippen LogP contribution in [0.4, 0.5) is 15.8 Å². The number of halogens is 1. The van der Waals surface area contributed by atoms with E-state index in [0.29, 0.717) is 5.69 Å². The minimum Gasteiger partial charge on any atom is -0.322 e. The first-order valence-corrected chi connectivity index (χ1v) is 12.2. The molecule has 0 saturated heterocycles. The second-order valence-electron chi connectivity index (χ2n) is 7.56. The summed E-state index contributed by atoms with van der Waals surface area (Å²) in [6.45, 7) is 5.53. The van der Waals surface area contributed by atoms with Crippen LogP contribution in [0, 0.1) is 12.7 Å². The fourth-order valence-electron chi connectivity index (χ4n) is 3.45. The maximum absolute atomic E-state index is 14.4. The molecule has 0 radical (unpaired) electrons. The minimum absolute atomic E-state index is 0.0546. The summed E-state index contributed by atoms with van der Waals surface area (Å²) in [6.07, 6.45) is 0. The number of aryl methyl sites for hydroxylation is 1. The number of hydrogen-bond donors (Lipinski definition) is 2. The van der Waals surface area contributed by atoms with Gasteiger partial charge in [0.25, 0.3) is 11.8 Å². The molecular formula is C25H26FN3O4S. The van der Waals surface area contributed by atoms with Gasteiger partial charge < -0.3 is 10.6 Å². The van der Waals surface area contributed by atoms with E-state index in [1.807, 2.05) is 25.1 Å². The summed E-state index contributed by atoms with van der Waals surface area (Å²) >= 11 is 0. The summed E-state index contributed by atoms with van der Waals surface area (Å²) in [5.74, 6) is -2.04. The minimum atomic E-state index is -4.11. The molecule has 2 amide bonds. The summed E-state index contributed by atoms with van der Waals surface area (Å²) in [6, 6.07) is 16.9. The molecule has 0 aromatic heterocycles. The van der Waals surface area contributed by atoms with Crippen molar-refractivity contribution in [3.8, 4) is 0 Å². The van der Waals surface area contributed by atoms with Gasteiger partial charge in [0.2, 0.25) is 10.0 Å². The Morgan fingerprint density at radius 1 is 0.882 bits per heavy atom.